The Hall–Kier alpha value is -1.22. The van der Waals surface area contributed by atoms with Gasteiger partial charge < -0.3 is 14.6 Å². The van der Waals surface area contributed by atoms with E-state index >= 15 is 0 Å². The second-order valence-electron chi connectivity index (χ2n) is 8.17. The molecule has 0 aromatic heterocycles. The zero-order valence-corrected chi connectivity index (χ0v) is 20.5. The molecule has 2 rings (SSSR count). The molecule has 0 unspecified atom stereocenters. The fraction of sp³-hybridized carbons (Fsp3) is 0.571. The maximum absolute atomic E-state index is 12.7. The zero-order valence-electron chi connectivity index (χ0n) is 18.2. The monoisotopic (exact) mass is 487 g/mol. The number of halogens is 2. The van der Waals surface area contributed by atoms with Crippen LogP contribution in [0.25, 0.3) is 0 Å². The lowest BCUT2D eigenvalue weighted by Gasteiger charge is -2.29. The summed E-state index contributed by atoms with van der Waals surface area (Å²) in [6, 6.07) is 4.56. The van der Waals surface area contributed by atoms with E-state index in [9.17, 15) is 14.4 Å². The van der Waals surface area contributed by atoms with Gasteiger partial charge >= 0.3 is 13.1 Å². The third-order valence-corrected chi connectivity index (χ3v) is 6.53. The molecule has 0 saturated carbocycles. The highest BCUT2D eigenvalue weighted by Crippen LogP contribution is 2.30. The summed E-state index contributed by atoms with van der Waals surface area (Å²) in [6.07, 6.45) is 0.767. The van der Waals surface area contributed by atoms with Crippen LogP contribution in [0.1, 0.15) is 50.9 Å². The number of hydrogen-bond donors (Lipinski definition) is 1. The van der Waals surface area contributed by atoms with E-state index < -0.39 is 13.0 Å². The van der Waals surface area contributed by atoms with Gasteiger partial charge in [0.1, 0.15) is 0 Å². The van der Waals surface area contributed by atoms with Crippen LogP contribution in [0.3, 0.4) is 0 Å². The van der Waals surface area contributed by atoms with Crippen molar-refractivity contribution in [3.63, 3.8) is 0 Å². The first-order valence-corrected chi connectivity index (χ1v) is 12.0. The summed E-state index contributed by atoms with van der Waals surface area (Å²) in [4.78, 5) is 37.4. The highest BCUT2D eigenvalue weighted by atomic mass is 35.5. The Morgan fingerprint density at radius 3 is 2.68 bits per heavy atom. The summed E-state index contributed by atoms with van der Waals surface area (Å²) >= 11 is 13.5. The quantitative estimate of drug-likeness (QED) is 0.536. The Morgan fingerprint density at radius 1 is 1.29 bits per heavy atom. The molecule has 170 valence electrons. The van der Waals surface area contributed by atoms with E-state index in [1.165, 1.54) is 23.9 Å². The van der Waals surface area contributed by atoms with Crippen LogP contribution in [0.2, 0.25) is 15.9 Å². The number of Topliss-reactive ketones (excluding diaryl/α,β-unsaturated/α-hetero) is 1. The SMILES string of the molecule is CC(C)C[C@H](CC(=O)CNC(=O)c1cc(Cl)ccc1Cl)B1OC[C@H](C)S[C@@H](C)C(=O)O1. The maximum atomic E-state index is 12.7. The molecule has 1 heterocycles. The largest absolute Gasteiger partial charge is 0.531 e. The van der Waals surface area contributed by atoms with Crippen molar-refractivity contribution in [1.29, 1.82) is 0 Å². The molecule has 0 aliphatic carbocycles. The Balaban J connectivity index is 2.02. The van der Waals surface area contributed by atoms with E-state index in [1.54, 1.807) is 6.07 Å². The van der Waals surface area contributed by atoms with E-state index in [0.29, 0.717) is 18.1 Å². The van der Waals surface area contributed by atoms with Gasteiger partial charge in [-0.15, -0.1) is 11.8 Å². The molecule has 1 aromatic carbocycles. The van der Waals surface area contributed by atoms with Crippen molar-refractivity contribution in [2.75, 3.05) is 13.2 Å². The van der Waals surface area contributed by atoms with Gasteiger partial charge in [-0.25, -0.2) is 0 Å². The van der Waals surface area contributed by atoms with Crippen LogP contribution in [-0.2, 0) is 18.9 Å². The van der Waals surface area contributed by atoms with Crippen molar-refractivity contribution in [2.45, 2.75) is 56.9 Å². The fourth-order valence-electron chi connectivity index (χ4n) is 3.36. The smallest absolute Gasteiger partial charge is 0.508 e. The van der Waals surface area contributed by atoms with E-state index in [2.05, 4.69) is 5.32 Å². The molecule has 1 amide bonds. The minimum Gasteiger partial charge on any atom is -0.508 e. The summed E-state index contributed by atoms with van der Waals surface area (Å²) in [5.74, 6) is -1.03. The molecule has 0 radical (unpaired) electrons. The van der Waals surface area contributed by atoms with Gasteiger partial charge in [0.15, 0.2) is 5.78 Å². The van der Waals surface area contributed by atoms with Gasteiger partial charge in [-0.1, -0.05) is 44.0 Å². The molecule has 1 aliphatic rings. The molecule has 0 spiro atoms. The number of carbonyl (C=O) groups is 3. The number of carbonyl (C=O) groups excluding carboxylic acids is 3. The van der Waals surface area contributed by atoms with Gasteiger partial charge in [0, 0.05) is 29.1 Å². The van der Waals surface area contributed by atoms with Gasteiger partial charge in [-0.2, -0.15) is 0 Å². The number of rotatable bonds is 8. The van der Waals surface area contributed by atoms with Crippen molar-refractivity contribution in [2.24, 2.45) is 5.92 Å². The van der Waals surface area contributed by atoms with Crippen LogP contribution in [0.15, 0.2) is 18.2 Å². The molecular formula is C21H28BCl2NO5S. The Labute approximate surface area is 198 Å². The number of hydrogen-bond acceptors (Lipinski definition) is 6. The number of amides is 1. The lowest BCUT2D eigenvalue weighted by atomic mass is 9.65. The molecule has 1 aromatic rings. The number of thioether (sulfide) groups is 1. The van der Waals surface area contributed by atoms with Crippen LogP contribution >= 0.6 is 35.0 Å². The van der Waals surface area contributed by atoms with Gasteiger partial charge in [0.2, 0.25) is 0 Å². The zero-order chi connectivity index (χ0) is 23.1. The molecule has 10 heteroatoms. The Morgan fingerprint density at radius 2 is 2.00 bits per heavy atom. The van der Waals surface area contributed by atoms with Crippen molar-refractivity contribution in [1.82, 2.24) is 5.32 Å². The first kappa shape index (κ1) is 26.0. The molecule has 1 N–H and O–H groups in total. The molecule has 1 aliphatic heterocycles. The fourth-order valence-corrected chi connectivity index (χ4v) is 4.75. The maximum Gasteiger partial charge on any atom is 0.531 e. The van der Waals surface area contributed by atoms with Gasteiger partial charge in [0.25, 0.3) is 5.91 Å². The van der Waals surface area contributed by atoms with E-state index in [1.807, 2.05) is 27.7 Å². The summed E-state index contributed by atoms with van der Waals surface area (Å²) in [6.45, 7) is 8.14. The van der Waals surface area contributed by atoms with Crippen molar-refractivity contribution >= 4 is 59.7 Å². The predicted octanol–water partition coefficient (Wildman–Crippen LogP) is 4.67. The van der Waals surface area contributed by atoms with Crippen LogP contribution in [-0.4, -0.2) is 48.4 Å². The lowest BCUT2D eigenvalue weighted by Crippen LogP contribution is -2.40. The number of ketones is 1. The second kappa shape index (κ2) is 12.1. The highest BCUT2D eigenvalue weighted by molar-refractivity contribution is 8.01. The van der Waals surface area contributed by atoms with Crippen LogP contribution in [0.4, 0.5) is 0 Å². The van der Waals surface area contributed by atoms with E-state index in [-0.39, 0.29) is 57.5 Å². The Bertz CT molecular complexity index is 810. The topological polar surface area (TPSA) is 81.7 Å². The molecule has 1 fully saturated rings. The molecule has 1 saturated heterocycles. The first-order valence-electron chi connectivity index (χ1n) is 10.3. The van der Waals surface area contributed by atoms with Gasteiger partial charge in [0.05, 0.1) is 22.4 Å². The third-order valence-electron chi connectivity index (χ3n) is 4.76. The summed E-state index contributed by atoms with van der Waals surface area (Å²) in [5.41, 5.74) is 0.207. The highest BCUT2D eigenvalue weighted by Gasteiger charge is 2.39. The summed E-state index contributed by atoms with van der Waals surface area (Å²) in [7, 11) is -0.789. The summed E-state index contributed by atoms with van der Waals surface area (Å²) < 4.78 is 11.5. The minimum absolute atomic E-state index is 0.121. The van der Waals surface area contributed by atoms with Gasteiger partial charge in [-0.05, 0) is 37.5 Å². The molecule has 0 bridgehead atoms. The third kappa shape index (κ3) is 8.33. The second-order valence-corrected chi connectivity index (χ2v) is 10.8. The van der Waals surface area contributed by atoms with E-state index in [0.717, 1.165) is 0 Å². The Kier molecular flexibility index (Phi) is 10.2. The normalized spacial score (nSPS) is 20.6. The molecule has 3 atom stereocenters. The summed E-state index contributed by atoms with van der Waals surface area (Å²) in [5, 5.41) is 3.07. The first-order chi connectivity index (χ1) is 14.6. The average molecular weight is 488 g/mol. The van der Waals surface area contributed by atoms with Crippen LogP contribution < -0.4 is 5.32 Å². The van der Waals surface area contributed by atoms with Crippen molar-refractivity contribution < 1.29 is 23.7 Å². The molecular weight excluding hydrogens is 460 g/mol. The minimum atomic E-state index is -0.789. The molecule has 31 heavy (non-hydrogen) atoms. The van der Waals surface area contributed by atoms with Crippen LogP contribution in [0, 0.1) is 5.92 Å². The van der Waals surface area contributed by atoms with Gasteiger partial charge in [-0.3, -0.25) is 14.4 Å². The van der Waals surface area contributed by atoms with Crippen molar-refractivity contribution in [3.8, 4) is 0 Å². The average Bonchev–Trinajstić information content (AvgIpc) is 2.69. The number of nitrogens with one attached hydrogen (secondary N) is 1. The molecule has 6 nitrogen and oxygen atoms in total. The number of benzene rings is 1. The van der Waals surface area contributed by atoms with Crippen LogP contribution in [0.5, 0.6) is 0 Å². The standard InChI is InChI=1S/C21H28BCl2NO5S/c1-12(2)7-15(22-29-11-13(3)31-14(4)21(28)30-22)8-17(26)10-25-20(27)18-9-16(23)5-6-19(18)24/h5-6,9,12-15H,7-8,10-11H2,1-4H3,(H,25,27)/t13-,14-,15+/m0/s1. The van der Waals surface area contributed by atoms with E-state index in [4.69, 9.17) is 32.5 Å². The predicted molar refractivity (Wildman–Crippen MR) is 126 cm³/mol. The van der Waals surface area contributed by atoms with Crippen molar-refractivity contribution in [3.05, 3.63) is 33.8 Å². The lowest BCUT2D eigenvalue weighted by molar-refractivity contribution is -0.135.